The van der Waals surface area contributed by atoms with Crippen molar-refractivity contribution < 1.29 is 14.0 Å². The van der Waals surface area contributed by atoms with Crippen molar-refractivity contribution in [2.45, 2.75) is 23.8 Å². The van der Waals surface area contributed by atoms with E-state index in [1.54, 1.807) is 25.3 Å². The number of hydrogen-bond donors (Lipinski definition) is 2. The van der Waals surface area contributed by atoms with Gasteiger partial charge in [0, 0.05) is 29.4 Å². The maximum atomic E-state index is 14.5. The number of nitrogens with one attached hydrogen (secondary N) is 1. The van der Waals surface area contributed by atoms with Gasteiger partial charge in [0.05, 0.1) is 12.0 Å². The second kappa shape index (κ2) is 7.59. The van der Waals surface area contributed by atoms with Crippen LogP contribution in [-0.4, -0.2) is 41.0 Å². The van der Waals surface area contributed by atoms with Crippen molar-refractivity contribution in [2.75, 3.05) is 18.6 Å². The first kappa shape index (κ1) is 19.8. The third-order valence-corrected chi connectivity index (χ3v) is 5.30. The number of guanidine groups is 1. The number of anilines is 1. The van der Waals surface area contributed by atoms with Gasteiger partial charge in [-0.2, -0.15) is 0 Å². The molecule has 146 valence electrons. The van der Waals surface area contributed by atoms with Crippen LogP contribution in [0.5, 0.6) is 0 Å². The number of carbonyl (C=O) groups is 2. The molecule has 7 nitrogen and oxygen atoms in total. The van der Waals surface area contributed by atoms with Gasteiger partial charge in [0.2, 0.25) is 5.91 Å². The van der Waals surface area contributed by atoms with Crippen LogP contribution in [0, 0.1) is 5.82 Å². The Labute approximate surface area is 166 Å². The molecule has 28 heavy (non-hydrogen) atoms. The second-order valence-corrected chi connectivity index (χ2v) is 7.49. The Morgan fingerprint density at radius 1 is 1.36 bits per heavy atom. The molecule has 0 saturated heterocycles. The van der Waals surface area contributed by atoms with Crippen LogP contribution in [0.3, 0.4) is 0 Å². The van der Waals surface area contributed by atoms with E-state index in [4.69, 9.17) is 5.73 Å². The van der Waals surface area contributed by atoms with Crippen LogP contribution >= 0.6 is 11.8 Å². The Kier molecular flexibility index (Phi) is 5.37. The maximum Gasteiger partial charge on any atom is 0.274 e. The fraction of sp³-hybridized carbons (Fsp3) is 0.263. The Hall–Kier alpha value is -2.94. The summed E-state index contributed by atoms with van der Waals surface area (Å²) in [6, 6.07) is 7.56. The Morgan fingerprint density at radius 2 is 2.11 bits per heavy atom. The summed E-state index contributed by atoms with van der Waals surface area (Å²) >= 11 is 1.52. The average molecular weight is 401 g/mol. The number of rotatable bonds is 4. The Bertz CT molecular complexity index is 963. The van der Waals surface area contributed by atoms with Crippen LogP contribution in [-0.2, 0) is 10.3 Å². The molecule has 0 spiro atoms. The molecular formula is C19H20FN5O2S. The molecule has 2 aromatic rings. The van der Waals surface area contributed by atoms with E-state index in [1.165, 1.54) is 41.9 Å². The molecule has 1 aliphatic rings. The summed E-state index contributed by atoms with van der Waals surface area (Å²) in [5.41, 5.74) is 5.44. The highest BCUT2D eigenvalue weighted by Crippen LogP contribution is 2.35. The first-order valence-corrected chi connectivity index (χ1v) is 9.69. The smallest absolute Gasteiger partial charge is 0.274 e. The number of halogens is 1. The van der Waals surface area contributed by atoms with Gasteiger partial charge in [-0.15, -0.1) is 11.8 Å². The Balaban J connectivity index is 1.89. The van der Waals surface area contributed by atoms with Crippen LogP contribution in [0.2, 0.25) is 0 Å². The van der Waals surface area contributed by atoms with Gasteiger partial charge in [-0.05, 0) is 43.5 Å². The zero-order valence-electron chi connectivity index (χ0n) is 15.7. The van der Waals surface area contributed by atoms with Gasteiger partial charge in [-0.25, -0.2) is 14.4 Å². The maximum absolute atomic E-state index is 14.5. The summed E-state index contributed by atoms with van der Waals surface area (Å²) in [7, 11) is 1.52. The van der Waals surface area contributed by atoms with Crippen LogP contribution < -0.4 is 11.1 Å². The van der Waals surface area contributed by atoms with Crippen LogP contribution in [0.25, 0.3) is 0 Å². The minimum Gasteiger partial charge on any atom is -0.369 e. The quantitative estimate of drug-likeness (QED) is 0.767. The molecular weight excluding hydrogens is 381 g/mol. The Morgan fingerprint density at radius 3 is 2.71 bits per heavy atom. The number of nitrogens with two attached hydrogens (primary N) is 1. The molecule has 0 saturated carbocycles. The molecule has 0 fully saturated rings. The van der Waals surface area contributed by atoms with Crippen molar-refractivity contribution in [1.82, 2.24) is 9.88 Å². The molecule has 1 aromatic carbocycles. The second-order valence-electron chi connectivity index (χ2n) is 6.61. The number of aliphatic imine (C=N–C) groups is 1. The van der Waals surface area contributed by atoms with Crippen LogP contribution in [0.15, 0.2) is 46.4 Å². The number of hydrogen-bond acceptors (Lipinski definition) is 6. The summed E-state index contributed by atoms with van der Waals surface area (Å²) in [6.07, 6.45) is 3.49. The molecule has 1 aliphatic heterocycles. The number of thioether (sulfide) groups is 1. The van der Waals surface area contributed by atoms with Gasteiger partial charge < -0.3 is 11.1 Å². The van der Waals surface area contributed by atoms with Gasteiger partial charge in [0.25, 0.3) is 5.91 Å². The average Bonchev–Trinajstić information content (AvgIpc) is 2.67. The zero-order chi connectivity index (χ0) is 20.5. The number of pyridine rings is 1. The fourth-order valence-electron chi connectivity index (χ4n) is 2.91. The predicted octanol–water partition coefficient (Wildman–Crippen LogP) is 2.59. The number of benzene rings is 1. The van der Waals surface area contributed by atoms with Crippen molar-refractivity contribution in [3.05, 3.63) is 53.6 Å². The molecule has 9 heteroatoms. The summed E-state index contributed by atoms with van der Waals surface area (Å²) in [6.45, 7) is 1.64. The van der Waals surface area contributed by atoms with E-state index in [0.717, 1.165) is 4.90 Å². The first-order valence-electron chi connectivity index (χ1n) is 8.47. The van der Waals surface area contributed by atoms with E-state index in [0.29, 0.717) is 5.69 Å². The largest absolute Gasteiger partial charge is 0.369 e. The van der Waals surface area contributed by atoms with Gasteiger partial charge in [-0.3, -0.25) is 14.5 Å². The number of carbonyl (C=O) groups excluding carboxylic acids is 2. The van der Waals surface area contributed by atoms with E-state index in [-0.39, 0.29) is 29.5 Å². The SMILES string of the molecule is CSc1ccc(C(=O)Nc2ccc(F)c(C3(C)CC(=O)N(C)C(N)=N3)c2)nc1. The third-order valence-electron chi connectivity index (χ3n) is 4.58. The summed E-state index contributed by atoms with van der Waals surface area (Å²) in [4.78, 5) is 35.2. The van der Waals surface area contributed by atoms with Gasteiger partial charge in [-0.1, -0.05) is 0 Å². The lowest BCUT2D eigenvalue weighted by Gasteiger charge is -2.34. The van der Waals surface area contributed by atoms with E-state index < -0.39 is 17.3 Å². The highest BCUT2D eigenvalue weighted by atomic mass is 32.2. The number of amides is 2. The lowest BCUT2D eigenvalue weighted by atomic mass is 9.87. The lowest BCUT2D eigenvalue weighted by Crippen LogP contribution is -2.47. The standard InChI is InChI=1S/C19H20FN5O2S/c1-19(9-16(26)25(2)18(21)24-19)13-8-11(4-6-14(13)20)23-17(27)15-7-5-12(28-3)10-22-15/h4-8,10H,9H2,1-3H3,(H2,21,24)(H,23,27). The van der Waals surface area contributed by atoms with Crippen LogP contribution in [0.1, 0.15) is 29.4 Å². The van der Waals surface area contributed by atoms with Gasteiger partial charge in [0.15, 0.2) is 5.96 Å². The molecule has 0 bridgehead atoms. The van der Waals surface area contributed by atoms with Crippen molar-refractivity contribution in [1.29, 1.82) is 0 Å². The molecule has 0 radical (unpaired) electrons. The van der Waals surface area contributed by atoms with E-state index in [2.05, 4.69) is 15.3 Å². The minimum atomic E-state index is -1.16. The number of nitrogens with zero attached hydrogens (tertiary/aromatic N) is 3. The monoisotopic (exact) mass is 401 g/mol. The molecule has 0 aliphatic carbocycles. The van der Waals surface area contributed by atoms with E-state index in [9.17, 15) is 14.0 Å². The minimum absolute atomic E-state index is 0.0191. The van der Waals surface area contributed by atoms with E-state index >= 15 is 0 Å². The molecule has 2 amide bonds. The highest BCUT2D eigenvalue weighted by molar-refractivity contribution is 7.98. The number of aromatic nitrogens is 1. The van der Waals surface area contributed by atoms with Crippen LogP contribution in [0.4, 0.5) is 10.1 Å². The summed E-state index contributed by atoms with van der Waals surface area (Å²) in [5, 5.41) is 2.70. The van der Waals surface area contributed by atoms with E-state index in [1.807, 2.05) is 6.26 Å². The molecule has 3 N–H and O–H groups in total. The molecule has 1 unspecified atom stereocenters. The summed E-state index contributed by atoms with van der Waals surface area (Å²) < 4.78 is 14.5. The lowest BCUT2D eigenvalue weighted by molar-refractivity contribution is -0.128. The molecule has 3 rings (SSSR count). The fourth-order valence-corrected chi connectivity index (χ4v) is 3.27. The highest BCUT2D eigenvalue weighted by Gasteiger charge is 2.38. The third kappa shape index (κ3) is 3.84. The van der Waals surface area contributed by atoms with Gasteiger partial charge >= 0.3 is 0 Å². The topological polar surface area (TPSA) is 101 Å². The van der Waals surface area contributed by atoms with Crippen molar-refractivity contribution in [2.24, 2.45) is 10.7 Å². The predicted molar refractivity (Wildman–Crippen MR) is 107 cm³/mol. The van der Waals surface area contributed by atoms with Gasteiger partial charge in [0.1, 0.15) is 11.5 Å². The van der Waals surface area contributed by atoms with Crippen molar-refractivity contribution >= 4 is 35.2 Å². The molecule has 1 atom stereocenters. The van der Waals surface area contributed by atoms with Crippen molar-refractivity contribution in [3.63, 3.8) is 0 Å². The van der Waals surface area contributed by atoms with Crippen molar-refractivity contribution in [3.8, 4) is 0 Å². The molecule has 2 heterocycles. The zero-order valence-corrected chi connectivity index (χ0v) is 16.5. The molecule has 1 aromatic heterocycles. The normalized spacial score (nSPS) is 19.4. The summed E-state index contributed by atoms with van der Waals surface area (Å²) in [5.74, 6) is -1.19. The first-order chi connectivity index (χ1) is 13.2.